The molecule has 3 nitrogen and oxygen atoms in total. The summed E-state index contributed by atoms with van der Waals surface area (Å²) < 4.78 is 12.2. The molecule has 2 rings (SSSR count). The third-order valence-electron chi connectivity index (χ3n) is 2.70. The van der Waals surface area contributed by atoms with Crippen molar-refractivity contribution >= 4 is 15.9 Å². The Hall–Kier alpha value is -0.740. The molecule has 1 aromatic carbocycles. The van der Waals surface area contributed by atoms with Gasteiger partial charge in [0.15, 0.2) is 11.5 Å². The summed E-state index contributed by atoms with van der Waals surface area (Å²) >= 11 is 3.58. The Balaban J connectivity index is 2.31. The van der Waals surface area contributed by atoms with E-state index in [0.29, 0.717) is 19.1 Å². The standard InChI is InChI=1S/C12H16BrNO2/c1-8(7-14-2)9-5-11-12(6-10(9)13)16-4-3-15-11/h5-6,8,14H,3-4,7H2,1-2H3. The molecule has 1 aliphatic rings. The zero-order valence-electron chi connectivity index (χ0n) is 9.55. The highest BCUT2D eigenvalue weighted by atomic mass is 79.9. The van der Waals surface area contributed by atoms with Gasteiger partial charge in [-0.15, -0.1) is 0 Å². The number of hydrogen-bond donors (Lipinski definition) is 1. The predicted molar refractivity (Wildman–Crippen MR) is 67.5 cm³/mol. The molecule has 1 N–H and O–H groups in total. The second-order valence-corrected chi connectivity index (χ2v) is 4.83. The molecule has 88 valence electrons. The van der Waals surface area contributed by atoms with Gasteiger partial charge in [-0.05, 0) is 30.7 Å². The summed E-state index contributed by atoms with van der Waals surface area (Å²) in [7, 11) is 1.96. The Bertz CT molecular complexity index is 382. The van der Waals surface area contributed by atoms with Crippen LogP contribution in [0.4, 0.5) is 0 Å². The zero-order chi connectivity index (χ0) is 11.5. The van der Waals surface area contributed by atoms with E-state index < -0.39 is 0 Å². The summed E-state index contributed by atoms with van der Waals surface area (Å²) in [5.74, 6) is 2.13. The molecule has 1 unspecified atom stereocenters. The maximum absolute atomic E-state index is 5.58. The van der Waals surface area contributed by atoms with Crippen LogP contribution in [0.2, 0.25) is 0 Å². The van der Waals surface area contributed by atoms with Crippen molar-refractivity contribution in [1.82, 2.24) is 5.32 Å². The lowest BCUT2D eigenvalue weighted by Crippen LogP contribution is -2.18. The molecule has 0 aliphatic carbocycles. The van der Waals surface area contributed by atoms with Gasteiger partial charge in [0.25, 0.3) is 0 Å². The molecule has 0 saturated heterocycles. The van der Waals surface area contributed by atoms with Crippen LogP contribution in [0.1, 0.15) is 18.4 Å². The van der Waals surface area contributed by atoms with E-state index in [-0.39, 0.29) is 0 Å². The van der Waals surface area contributed by atoms with Gasteiger partial charge in [-0.25, -0.2) is 0 Å². The van der Waals surface area contributed by atoms with Gasteiger partial charge in [0.1, 0.15) is 13.2 Å². The second-order valence-electron chi connectivity index (χ2n) is 3.98. The van der Waals surface area contributed by atoms with Crippen LogP contribution in [0.25, 0.3) is 0 Å². The van der Waals surface area contributed by atoms with Crippen molar-refractivity contribution in [2.45, 2.75) is 12.8 Å². The van der Waals surface area contributed by atoms with Crippen LogP contribution in [0.15, 0.2) is 16.6 Å². The number of fused-ring (bicyclic) bond motifs is 1. The van der Waals surface area contributed by atoms with Crippen LogP contribution < -0.4 is 14.8 Å². The minimum absolute atomic E-state index is 0.440. The fourth-order valence-corrected chi connectivity index (χ4v) is 2.59. The zero-order valence-corrected chi connectivity index (χ0v) is 11.1. The fraction of sp³-hybridized carbons (Fsp3) is 0.500. The van der Waals surface area contributed by atoms with E-state index in [1.807, 2.05) is 13.1 Å². The van der Waals surface area contributed by atoms with Crippen LogP contribution in [0, 0.1) is 0 Å². The summed E-state index contributed by atoms with van der Waals surface area (Å²) in [4.78, 5) is 0. The highest BCUT2D eigenvalue weighted by Crippen LogP contribution is 2.38. The maximum Gasteiger partial charge on any atom is 0.162 e. The molecule has 16 heavy (non-hydrogen) atoms. The summed E-state index contributed by atoms with van der Waals surface area (Å²) in [5.41, 5.74) is 1.25. The van der Waals surface area contributed by atoms with E-state index >= 15 is 0 Å². The summed E-state index contributed by atoms with van der Waals surface area (Å²) in [6, 6.07) is 4.07. The number of likely N-dealkylation sites (N-methyl/N-ethyl adjacent to an activating group) is 1. The Morgan fingerprint density at radius 2 is 1.94 bits per heavy atom. The molecule has 1 heterocycles. The third-order valence-corrected chi connectivity index (χ3v) is 3.39. The minimum Gasteiger partial charge on any atom is -0.486 e. The Kier molecular flexibility index (Phi) is 3.71. The van der Waals surface area contributed by atoms with Crippen molar-refractivity contribution < 1.29 is 9.47 Å². The van der Waals surface area contributed by atoms with Crippen LogP contribution in [0.3, 0.4) is 0 Å². The Morgan fingerprint density at radius 3 is 2.56 bits per heavy atom. The Morgan fingerprint density at radius 1 is 1.31 bits per heavy atom. The smallest absolute Gasteiger partial charge is 0.162 e. The number of rotatable bonds is 3. The van der Waals surface area contributed by atoms with Crippen molar-refractivity contribution in [3.05, 3.63) is 22.2 Å². The monoisotopic (exact) mass is 285 g/mol. The topological polar surface area (TPSA) is 30.5 Å². The molecular formula is C12H16BrNO2. The molecule has 1 atom stereocenters. The largest absolute Gasteiger partial charge is 0.486 e. The number of hydrogen-bond acceptors (Lipinski definition) is 3. The van der Waals surface area contributed by atoms with Gasteiger partial charge in [0, 0.05) is 11.0 Å². The lowest BCUT2D eigenvalue weighted by molar-refractivity contribution is 0.171. The van der Waals surface area contributed by atoms with Gasteiger partial charge in [-0.3, -0.25) is 0 Å². The molecule has 0 fully saturated rings. The van der Waals surface area contributed by atoms with E-state index in [1.165, 1.54) is 5.56 Å². The van der Waals surface area contributed by atoms with Crippen molar-refractivity contribution in [2.75, 3.05) is 26.8 Å². The quantitative estimate of drug-likeness (QED) is 0.926. The van der Waals surface area contributed by atoms with Crippen molar-refractivity contribution in [3.8, 4) is 11.5 Å². The fourth-order valence-electron chi connectivity index (χ4n) is 1.87. The molecule has 0 aromatic heterocycles. The van der Waals surface area contributed by atoms with Crippen LogP contribution in [0.5, 0.6) is 11.5 Å². The molecule has 1 aliphatic heterocycles. The molecule has 0 saturated carbocycles. The number of halogens is 1. The van der Waals surface area contributed by atoms with Crippen molar-refractivity contribution in [2.24, 2.45) is 0 Å². The highest BCUT2D eigenvalue weighted by Gasteiger charge is 2.17. The number of nitrogens with one attached hydrogen (secondary N) is 1. The predicted octanol–water partition coefficient (Wildman–Crippen LogP) is 2.54. The molecule has 0 spiro atoms. The van der Waals surface area contributed by atoms with E-state index in [0.717, 1.165) is 22.5 Å². The van der Waals surface area contributed by atoms with E-state index in [2.05, 4.69) is 34.2 Å². The number of ether oxygens (including phenoxy) is 2. The third kappa shape index (κ3) is 2.33. The van der Waals surface area contributed by atoms with Gasteiger partial charge >= 0.3 is 0 Å². The van der Waals surface area contributed by atoms with Gasteiger partial charge in [-0.2, -0.15) is 0 Å². The minimum atomic E-state index is 0.440. The highest BCUT2D eigenvalue weighted by molar-refractivity contribution is 9.10. The van der Waals surface area contributed by atoms with E-state index in [1.54, 1.807) is 0 Å². The lowest BCUT2D eigenvalue weighted by Gasteiger charge is -2.21. The first kappa shape index (κ1) is 11.7. The first-order chi connectivity index (χ1) is 7.72. The summed E-state index contributed by atoms with van der Waals surface area (Å²) in [5, 5.41) is 3.18. The first-order valence-electron chi connectivity index (χ1n) is 5.46. The second kappa shape index (κ2) is 5.06. The van der Waals surface area contributed by atoms with Crippen LogP contribution in [-0.2, 0) is 0 Å². The SMILES string of the molecule is CNCC(C)c1cc2c(cc1Br)OCCO2. The normalized spacial score (nSPS) is 15.9. The van der Waals surface area contributed by atoms with Crippen molar-refractivity contribution in [3.63, 3.8) is 0 Å². The van der Waals surface area contributed by atoms with Crippen LogP contribution in [-0.4, -0.2) is 26.8 Å². The van der Waals surface area contributed by atoms with E-state index in [4.69, 9.17) is 9.47 Å². The average Bonchev–Trinajstić information content (AvgIpc) is 2.28. The molecule has 0 radical (unpaired) electrons. The summed E-state index contributed by atoms with van der Waals surface area (Å²) in [6.07, 6.45) is 0. The van der Waals surface area contributed by atoms with Gasteiger partial charge in [0.2, 0.25) is 0 Å². The average molecular weight is 286 g/mol. The van der Waals surface area contributed by atoms with Crippen LogP contribution >= 0.6 is 15.9 Å². The molecule has 0 bridgehead atoms. The van der Waals surface area contributed by atoms with E-state index in [9.17, 15) is 0 Å². The Labute approximate surface area is 104 Å². The molecule has 4 heteroatoms. The first-order valence-corrected chi connectivity index (χ1v) is 6.25. The van der Waals surface area contributed by atoms with Gasteiger partial charge < -0.3 is 14.8 Å². The lowest BCUT2D eigenvalue weighted by atomic mass is 10.0. The number of benzene rings is 1. The summed E-state index contributed by atoms with van der Waals surface area (Å²) in [6.45, 7) is 4.39. The maximum atomic E-state index is 5.58. The molecule has 0 amide bonds. The van der Waals surface area contributed by atoms with Crippen molar-refractivity contribution in [1.29, 1.82) is 0 Å². The molecular weight excluding hydrogens is 270 g/mol. The van der Waals surface area contributed by atoms with Gasteiger partial charge in [-0.1, -0.05) is 22.9 Å². The van der Waals surface area contributed by atoms with Gasteiger partial charge in [0.05, 0.1) is 0 Å². The molecule has 1 aromatic rings.